The van der Waals surface area contributed by atoms with Crippen molar-refractivity contribution in [3.05, 3.63) is 64.7 Å². The lowest BCUT2D eigenvalue weighted by Gasteiger charge is -2.27. The fourth-order valence-electron chi connectivity index (χ4n) is 3.07. The van der Waals surface area contributed by atoms with Crippen molar-refractivity contribution in [2.45, 2.75) is 12.6 Å². The van der Waals surface area contributed by atoms with E-state index in [1.165, 1.54) is 24.4 Å². The number of guanidine groups is 1. The number of hydrogen-bond acceptors (Lipinski definition) is 6. The first-order chi connectivity index (χ1) is 12.8. The zero-order valence-electron chi connectivity index (χ0n) is 14.0. The van der Waals surface area contributed by atoms with Gasteiger partial charge in [0.25, 0.3) is 0 Å². The number of para-hydroxylation sites is 1. The predicted octanol–water partition coefficient (Wildman–Crippen LogP) is 2.29. The van der Waals surface area contributed by atoms with E-state index < -0.39 is 17.3 Å². The average molecular weight is 390 g/mol. The molecule has 0 spiro atoms. The minimum atomic E-state index is -1.43. The lowest BCUT2D eigenvalue weighted by molar-refractivity contribution is 0.554. The average Bonchev–Trinajstić information content (AvgIpc) is 2.99. The Balaban J connectivity index is 1.99. The van der Waals surface area contributed by atoms with Gasteiger partial charge in [-0.25, -0.2) is 18.5 Å². The topological polar surface area (TPSA) is 107 Å². The van der Waals surface area contributed by atoms with Crippen LogP contribution in [0.5, 0.6) is 0 Å². The van der Waals surface area contributed by atoms with Gasteiger partial charge < -0.3 is 11.1 Å². The number of nitrogens with one attached hydrogen (secondary N) is 1. The Morgan fingerprint density at radius 3 is 2.74 bits per heavy atom. The van der Waals surface area contributed by atoms with Crippen LogP contribution >= 0.6 is 11.6 Å². The fraction of sp³-hybridized carbons (Fsp3) is 0.118. The summed E-state index contributed by atoms with van der Waals surface area (Å²) in [6.07, 6.45) is 4.01. The third-order valence-electron chi connectivity index (χ3n) is 4.12. The molecule has 1 aliphatic heterocycles. The van der Waals surface area contributed by atoms with E-state index in [2.05, 4.69) is 20.4 Å². The predicted molar refractivity (Wildman–Crippen MR) is 98.2 cm³/mol. The zero-order valence-corrected chi connectivity index (χ0v) is 14.8. The number of fused-ring (bicyclic) bond motifs is 1. The molecule has 0 amide bonds. The van der Waals surface area contributed by atoms with Crippen LogP contribution in [0.2, 0.25) is 5.02 Å². The van der Waals surface area contributed by atoms with Gasteiger partial charge in [-0.2, -0.15) is 5.10 Å². The Bertz CT molecular complexity index is 1100. The second kappa shape index (κ2) is 6.00. The molecule has 138 valence electrons. The highest BCUT2D eigenvalue weighted by atomic mass is 35.5. The summed E-state index contributed by atoms with van der Waals surface area (Å²) in [5.41, 5.74) is 11.6. The lowest BCUT2D eigenvalue weighted by atomic mass is 10.0. The SMILES string of the molecule is CC1=CC(N)(c2ncc(F)c3nn(-c4c(F)cccc4Cl)cc23)N=C(N)N1. The fourth-order valence-corrected chi connectivity index (χ4v) is 3.32. The quantitative estimate of drug-likeness (QED) is 0.623. The van der Waals surface area contributed by atoms with Gasteiger partial charge in [0.1, 0.15) is 17.0 Å². The van der Waals surface area contributed by atoms with Crippen molar-refractivity contribution in [3.8, 4) is 5.69 Å². The van der Waals surface area contributed by atoms with Crippen molar-refractivity contribution in [1.29, 1.82) is 0 Å². The molecule has 27 heavy (non-hydrogen) atoms. The van der Waals surface area contributed by atoms with E-state index in [0.717, 1.165) is 10.9 Å². The van der Waals surface area contributed by atoms with Crippen LogP contribution in [0.1, 0.15) is 12.6 Å². The second-order valence-corrected chi connectivity index (χ2v) is 6.54. The maximum Gasteiger partial charge on any atom is 0.195 e. The van der Waals surface area contributed by atoms with E-state index in [0.29, 0.717) is 5.70 Å². The van der Waals surface area contributed by atoms with Crippen molar-refractivity contribution in [2.75, 3.05) is 0 Å². The van der Waals surface area contributed by atoms with Crippen molar-refractivity contribution >= 4 is 28.5 Å². The van der Waals surface area contributed by atoms with Crippen LogP contribution in [0.3, 0.4) is 0 Å². The van der Waals surface area contributed by atoms with E-state index >= 15 is 0 Å². The van der Waals surface area contributed by atoms with Gasteiger partial charge in [-0.1, -0.05) is 17.7 Å². The zero-order chi connectivity index (χ0) is 19.3. The van der Waals surface area contributed by atoms with Crippen molar-refractivity contribution in [1.82, 2.24) is 20.1 Å². The molecule has 1 atom stereocenters. The first-order valence-corrected chi connectivity index (χ1v) is 8.26. The number of nitrogens with zero attached hydrogens (tertiary/aromatic N) is 4. The first-order valence-electron chi connectivity index (χ1n) is 7.88. The van der Waals surface area contributed by atoms with Gasteiger partial charge in [-0.05, 0) is 25.1 Å². The molecular weight excluding hydrogens is 376 g/mol. The molecule has 1 aliphatic rings. The molecule has 0 aliphatic carbocycles. The van der Waals surface area contributed by atoms with Crippen molar-refractivity contribution in [3.63, 3.8) is 0 Å². The van der Waals surface area contributed by atoms with Crippen LogP contribution in [-0.4, -0.2) is 20.7 Å². The summed E-state index contributed by atoms with van der Waals surface area (Å²) in [5.74, 6) is -1.19. The highest BCUT2D eigenvalue weighted by Gasteiger charge is 2.33. The standard InChI is InChI=1S/C17H14ClF2N7/c1-8-5-17(22,25-16(21)24-8)15-9-7-27(26-13(9)12(20)6-23-15)14-10(18)3-2-4-11(14)19/h2-7H,22H2,1H3,(H3,21,24,25). The Morgan fingerprint density at radius 2 is 2.04 bits per heavy atom. The minimum Gasteiger partial charge on any atom is -0.370 e. The normalized spacial score (nSPS) is 19.6. The second-order valence-electron chi connectivity index (χ2n) is 6.14. The molecule has 0 saturated carbocycles. The highest BCUT2D eigenvalue weighted by Crippen LogP contribution is 2.32. The lowest BCUT2D eigenvalue weighted by Crippen LogP contribution is -2.44. The Labute approximate surface area is 157 Å². The van der Waals surface area contributed by atoms with E-state index in [-0.39, 0.29) is 33.3 Å². The largest absolute Gasteiger partial charge is 0.370 e. The number of allylic oxidation sites excluding steroid dienone is 1. The summed E-state index contributed by atoms with van der Waals surface area (Å²) in [7, 11) is 0. The van der Waals surface area contributed by atoms with Crippen LogP contribution < -0.4 is 16.8 Å². The number of pyridine rings is 1. The maximum atomic E-state index is 14.3. The van der Waals surface area contributed by atoms with Crippen LogP contribution in [0.25, 0.3) is 16.6 Å². The van der Waals surface area contributed by atoms with Crippen molar-refractivity contribution < 1.29 is 8.78 Å². The molecule has 0 saturated heterocycles. The molecule has 4 rings (SSSR count). The molecule has 1 unspecified atom stereocenters. The van der Waals surface area contributed by atoms with Gasteiger partial charge in [-0.3, -0.25) is 10.7 Å². The third-order valence-corrected chi connectivity index (χ3v) is 4.42. The number of aromatic nitrogens is 3. The van der Waals surface area contributed by atoms with Gasteiger partial charge in [0, 0.05) is 17.3 Å². The number of rotatable bonds is 2. The summed E-state index contributed by atoms with van der Waals surface area (Å²) in [6, 6.07) is 4.21. The van der Waals surface area contributed by atoms with Gasteiger partial charge in [-0.15, -0.1) is 0 Å². The molecule has 3 heterocycles. The number of benzene rings is 1. The summed E-state index contributed by atoms with van der Waals surface area (Å²) in [4.78, 5) is 8.30. The smallest absolute Gasteiger partial charge is 0.195 e. The monoisotopic (exact) mass is 389 g/mol. The number of halogens is 3. The molecule has 2 aromatic heterocycles. The van der Waals surface area contributed by atoms with Crippen molar-refractivity contribution in [2.24, 2.45) is 16.5 Å². The molecule has 0 fully saturated rings. The molecule has 0 radical (unpaired) electrons. The van der Waals surface area contributed by atoms with Gasteiger partial charge >= 0.3 is 0 Å². The minimum absolute atomic E-state index is 0.00756. The number of aliphatic imine (C=N–C) groups is 1. The van der Waals surface area contributed by atoms with Crippen LogP contribution in [0.4, 0.5) is 8.78 Å². The van der Waals surface area contributed by atoms with E-state index in [4.69, 9.17) is 23.1 Å². The molecular formula is C17H14ClF2N7. The third kappa shape index (κ3) is 2.81. The Kier molecular flexibility index (Phi) is 3.86. The van der Waals surface area contributed by atoms with Crippen LogP contribution in [0.15, 0.2) is 47.4 Å². The highest BCUT2D eigenvalue weighted by molar-refractivity contribution is 6.32. The van der Waals surface area contributed by atoms with Gasteiger partial charge in [0.15, 0.2) is 17.4 Å². The van der Waals surface area contributed by atoms with E-state index in [9.17, 15) is 8.78 Å². The molecule has 7 nitrogen and oxygen atoms in total. The molecule has 5 N–H and O–H groups in total. The van der Waals surface area contributed by atoms with Gasteiger partial charge in [0.2, 0.25) is 0 Å². The summed E-state index contributed by atoms with van der Waals surface area (Å²) >= 11 is 6.09. The number of nitrogens with two attached hydrogens (primary N) is 2. The Morgan fingerprint density at radius 1 is 1.26 bits per heavy atom. The van der Waals surface area contributed by atoms with Gasteiger partial charge in [0.05, 0.1) is 16.9 Å². The summed E-state index contributed by atoms with van der Waals surface area (Å²) < 4.78 is 29.8. The van der Waals surface area contributed by atoms with Crippen LogP contribution in [-0.2, 0) is 5.66 Å². The van der Waals surface area contributed by atoms with Crippen LogP contribution in [0, 0.1) is 11.6 Å². The molecule has 3 aromatic rings. The maximum absolute atomic E-state index is 14.3. The number of hydrogen-bond donors (Lipinski definition) is 3. The summed E-state index contributed by atoms with van der Waals surface area (Å²) in [5, 5.41) is 7.35. The Hall–Kier alpha value is -3.04. The van der Waals surface area contributed by atoms with E-state index in [1.54, 1.807) is 13.0 Å². The molecule has 10 heteroatoms. The van der Waals surface area contributed by atoms with E-state index in [1.807, 2.05) is 0 Å². The molecule has 0 bridgehead atoms. The summed E-state index contributed by atoms with van der Waals surface area (Å²) in [6.45, 7) is 1.76. The first kappa shape index (κ1) is 17.4. The molecule has 1 aromatic carbocycles.